The van der Waals surface area contributed by atoms with E-state index in [0.717, 1.165) is 70.0 Å². The zero-order chi connectivity index (χ0) is 44.1. The van der Waals surface area contributed by atoms with E-state index >= 15 is 0 Å². The second-order valence-electron chi connectivity index (χ2n) is 18.6. The van der Waals surface area contributed by atoms with Crippen LogP contribution in [0.15, 0.2) is 85.2 Å². The van der Waals surface area contributed by atoms with E-state index in [-0.39, 0.29) is 18.0 Å². The average molecular weight is 853 g/mol. The number of likely N-dealkylation sites (tertiary alicyclic amines) is 1. The van der Waals surface area contributed by atoms with Crippen LogP contribution >= 0.6 is 0 Å². The normalized spacial score (nSPS) is 21.6. The molecule has 0 radical (unpaired) electrons. The first-order valence-corrected chi connectivity index (χ1v) is 23.5. The topological polar surface area (TPSA) is 104 Å². The Morgan fingerprint density at radius 3 is 2.06 bits per heavy atom. The molecule has 5 heterocycles. The van der Waals surface area contributed by atoms with E-state index in [9.17, 15) is 0 Å². The summed E-state index contributed by atoms with van der Waals surface area (Å²) >= 11 is 0. The molecular formula is C53H68N6O4. The monoisotopic (exact) mass is 853 g/mol. The summed E-state index contributed by atoms with van der Waals surface area (Å²) < 4.78 is 25.3. The molecule has 4 unspecified atom stereocenters. The van der Waals surface area contributed by atoms with Gasteiger partial charge < -0.3 is 29.2 Å². The van der Waals surface area contributed by atoms with E-state index in [1.807, 2.05) is 42.7 Å². The zero-order valence-electron chi connectivity index (χ0n) is 38.8. The lowest BCUT2D eigenvalue weighted by Gasteiger charge is -2.45. The summed E-state index contributed by atoms with van der Waals surface area (Å²) in [6, 6.07) is 25.3. The van der Waals surface area contributed by atoms with Gasteiger partial charge in [0.2, 0.25) is 11.8 Å². The first kappa shape index (κ1) is 44.5. The number of nitrogens with one attached hydrogen (secondary N) is 1. The van der Waals surface area contributed by atoms with Crippen LogP contribution in [-0.2, 0) is 5.41 Å². The summed E-state index contributed by atoms with van der Waals surface area (Å²) in [6.45, 7) is 14.6. The van der Waals surface area contributed by atoms with Crippen LogP contribution in [0.4, 0.5) is 0 Å². The van der Waals surface area contributed by atoms with Crippen molar-refractivity contribution in [1.29, 1.82) is 0 Å². The van der Waals surface area contributed by atoms with Crippen LogP contribution in [0, 0.1) is 23.7 Å². The first-order valence-electron chi connectivity index (χ1n) is 23.5. The van der Waals surface area contributed by atoms with Crippen molar-refractivity contribution in [2.24, 2.45) is 23.7 Å². The molecule has 10 heteroatoms. The van der Waals surface area contributed by atoms with Crippen molar-refractivity contribution in [2.45, 2.75) is 103 Å². The first-order chi connectivity index (χ1) is 30.7. The second-order valence-corrected chi connectivity index (χ2v) is 18.6. The molecule has 3 aromatic carbocycles. The molecule has 2 fully saturated rings. The SMILES string of the molecule is CCC(C)C1CCN(C)[C@@H]([C@@H](COc2nnc(OC[C@@](C)(c3ccnc4ccc(OC)cc34)C3CC(C(CC)CC)CCN3)c3ccccc23)c2ccnc3ccc(OC)cc23)C1. The molecule has 0 spiro atoms. The molecule has 0 saturated carbocycles. The quantitative estimate of drug-likeness (QED) is 0.0954. The molecule has 2 aliphatic heterocycles. The highest BCUT2D eigenvalue weighted by molar-refractivity contribution is 5.90. The fraction of sp³-hybridized carbons (Fsp3) is 0.509. The van der Waals surface area contributed by atoms with Gasteiger partial charge in [-0.3, -0.25) is 9.97 Å². The highest BCUT2D eigenvalue weighted by Gasteiger charge is 2.42. The Hall–Kier alpha value is -5.06. The molecule has 63 heavy (non-hydrogen) atoms. The van der Waals surface area contributed by atoms with Gasteiger partial charge in [0.1, 0.15) is 18.1 Å². The molecule has 10 nitrogen and oxygen atoms in total. The number of hydrogen-bond acceptors (Lipinski definition) is 10. The van der Waals surface area contributed by atoms with Crippen LogP contribution in [0.1, 0.15) is 96.6 Å². The van der Waals surface area contributed by atoms with Crippen LogP contribution in [-0.4, -0.2) is 84.7 Å². The predicted octanol–water partition coefficient (Wildman–Crippen LogP) is 10.8. The minimum Gasteiger partial charge on any atom is -0.497 e. The molecule has 1 N–H and O–H groups in total. The van der Waals surface area contributed by atoms with Gasteiger partial charge in [0.25, 0.3) is 0 Å². The summed E-state index contributed by atoms with van der Waals surface area (Å²) in [6.07, 6.45) is 12.0. The van der Waals surface area contributed by atoms with Gasteiger partial charge >= 0.3 is 0 Å². The maximum absolute atomic E-state index is 6.97. The molecule has 334 valence electrons. The fourth-order valence-electron chi connectivity index (χ4n) is 11.1. The van der Waals surface area contributed by atoms with E-state index in [4.69, 9.17) is 39.1 Å². The van der Waals surface area contributed by atoms with Gasteiger partial charge in [-0.1, -0.05) is 66.0 Å². The molecule has 8 rings (SSSR count). The minimum absolute atomic E-state index is 0.0392. The predicted molar refractivity (Wildman–Crippen MR) is 254 cm³/mol. The number of benzene rings is 3. The number of rotatable bonds is 17. The molecule has 0 bridgehead atoms. The van der Waals surface area contributed by atoms with Crippen LogP contribution in [0.5, 0.6) is 23.3 Å². The molecule has 2 aliphatic rings. The minimum atomic E-state index is -0.446. The van der Waals surface area contributed by atoms with Gasteiger partial charge in [-0.15, -0.1) is 10.2 Å². The van der Waals surface area contributed by atoms with Crippen LogP contribution in [0.3, 0.4) is 0 Å². The summed E-state index contributed by atoms with van der Waals surface area (Å²) in [5.41, 5.74) is 3.83. The molecule has 7 atom stereocenters. The molecule has 2 saturated heterocycles. The summed E-state index contributed by atoms with van der Waals surface area (Å²) in [4.78, 5) is 12.1. The van der Waals surface area contributed by atoms with Gasteiger partial charge in [-0.05, 0) is 141 Å². The van der Waals surface area contributed by atoms with Gasteiger partial charge in [-0.25, -0.2) is 0 Å². The van der Waals surface area contributed by atoms with E-state index in [1.165, 1.54) is 43.2 Å². The molecule has 0 aliphatic carbocycles. The number of pyridine rings is 2. The number of nitrogens with zero attached hydrogens (tertiary/aromatic N) is 5. The Kier molecular flexibility index (Phi) is 14.0. The Morgan fingerprint density at radius 1 is 0.746 bits per heavy atom. The van der Waals surface area contributed by atoms with Gasteiger partial charge in [0, 0.05) is 46.6 Å². The van der Waals surface area contributed by atoms with Crippen LogP contribution in [0.2, 0.25) is 0 Å². The average Bonchev–Trinajstić information content (AvgIpc) is 3.33. The van der Waals surface area contributed by atoms with Crippen LogP contribution in [0.25, 0.3) is 32.6 Å². The largest absolute Gasteiger partial charge is 0.497 e. The van der Waals surface area contributed by atoms with Gasteiger partial charge in [0.05, 0.1) is 42.6 Å². The zero-order valence-corrected chi connectivity index (χ0v) is 38.8. The number of fused-ring (bicyclic) bond motifs is 3. The lowest BCUT2D eigenvalue weighted by atomic mass is 9.68. The molecular weight excluding hydrogens is 785 g/mol. The fourth-order valence-corrected chi connectivity index (χ4v) is 11.1. The lowest BCUT2D eigenvalue weighted by Crippen LogP contribution is -2.54. The molecule has 6 aromatic rings. The van der Waals surface area contributed by atoms with E-state index in [2.05, 4.69) is 94.3 Å². The third-order valence-electron chi connectivity index (χ3n) is 15.3. The summed E-state index contributed by atoms with van der Waals surface area (Å²) in [5.74, 6) is 5.29. The smallest absolute Gasteiger partial charge is 0.241 e. The Balaban J connectivity index is 1.13. The Morgan fingerprint density at radius 2 is 1.40 bits per heavy atom. The Bertz CT molecular complexity index is 2480. The number of piperidine rings is 2. The van der Waals surface area contributed by atoms with E-state index < -0.39 is 5.41 Å². The van der Waals surface area contributed by atoms with Crippen LogP contribution < -0.4 is 24.3 Å². The molecule has 3 aromatic heterocycles. The summed E-state index contributed by atoms with van der Waals surface area (Å²) in [5, 5.41) is 17.5. The third kappa shape index (κ3) is 9.17. The number of hydrogen-bond donors (Lipinski definition) is 1. The van der Waals surface area contributed by atoms with Crippen molar-refractivity contribution in [3.8, 4) is 23.3 Å². The number of ether oxygens (including phenoxy) is 4. The number of methoxy groups -OCH3 is 2. The number of likely N-dealkylation sites (N-methyl/N-ethyl adjacent to an activating group) is 1. The highest BCUT2D eigenvalue weighted by Crippen LogP contribution is 2.43. The van der Waals surface area contributed by atoms with E-state index in [1.54, 1.807) is 14.2 Å². The van der Waals surface area contributed by atoms with Crippen molar-refractivity contribution in [1.82, 2.24) is 30.4 Å². The maximum Gasteiger partial charge on any atom is 0.241 e. The van der Waals surface area contributed by atoms with E-state index in [0.29, 0.717) is 48.6 Å². The lowest BCUT2D eigenvalue weighted by molar-refractivity contribution is 0.0790. The van der Waals surface area contributed by atoms with Crippen molar-refractivity contribution >= 4 is 32.6 Å². The molecule has 0 amide bonds. The van der Waals surface area contributed by atoms with Crippen molar-refractivity contribution in [2.75, 3.05) is 47.6 Å². The standard InChI is InChI=1S/C53H68N6O4/c1-9-34(4)36-23-27-59(6)49(28-36)45(40-21-25-54-47-18-16-38(60-7)30-43(40)47)32-62-51-41-14-12-13-15-42(41)52(58-57-51)63-33-53(5,50-29-37(20-24-56-50)35(10-2)11-3)46-22-26-55-48-19-17-39(61-8)31-44(46)48/h12-19,21-22,25-26,30-31,34-37,45,49-50,56H,9-11,20,23-24,27-29,32-33H2,1-8H3/t34?,36?,37?,45-,49+,50?,53-/m0/s1. The van der Waals surface area contributed by atoms with Gasteiger partial charge in [0.15, 0.2) is 0 Å². The van der Waals surface area contributed by atoms with Crippen molar-refractivity contribution < 1.29 is 18.9 Å². The second kappa shape index (κ2) is 19.8. The highest BCUT2D eigenvalue weighted by atomic mass is 16.5. The van der Waals surface area contributed by atoms with Crippen molar-refractivity contribution in [3.05, 3.63) is 96.3 Å². The third-order valence-corrected chi connectivity index (χ3v) is 15.3. The number of aromatic nitrogens is 4. The Labute approximate surface area is 374 Å². The van der Waals surface area contributed by atoms with Crippen molar-refractivity contribution in [3.63, 3.8) is 0 Å². The summed E-state index contributed by atoms with van der Waals surface area (Å²) in [7, 11) is 5.71. The maximum atomic E-state index is 6.97. The van der Waals surface area contributed by atoms with Gasteiger partial charge in [-0.2, -0.15) is 0 Å².